The number of nitrogens with zero attached hydrogens (tertiary/aromatic N) is 1. The molecule has 200 valence electrons. The Kier molecular flexibility index (Phi) is 12.5. The summed E-state index contributed by atoms with van der Waals surface area (Å²) in [4.78, 5) is 14.3. The summed E-state index contributed by atoms with van der Waals surface area (Å²) in [6, 6.07) is 13.3. The molecule has 2 aromatic carbocycles. The van der Waals surface area contributed by atoms with Gasteiger partial charge in [0, 0.05) is 17.2 Å². The Hall–Kier alpha value is -2.86. The summed E-state index contributed by atoms with van der Waals surface area (Å²) >= 11 is 1.72. The number of aromatic nitrogens is 1. The molecule has 0 saturated heterocycles. The number of methoxy groups -OCH3 is 1. The monoisotopic (exact) mass is 523 g/mol. The van der Waals surface area contributed by atoms with E-state index in [0.29, 0.717) is 29.4 Å². The van der Waals surface area contributed by atoms with Gasteiger partial charge in [-0.2, -0.15) is 4.57 Å². The van der Waals surface area contributed by atoms with Crippen LogP contribution in [0.25, 0.3) is 0 Å². The fourth-order valence-electron chi connectivity index (χ4n) is 4.37. The molecule has 0 bridgehead atoms. The maximum atomic E-state index is 13.1. The fourth-order valence-corrected chi connectivity index (χ4v) is 5.00. The van der Waals surface area contributed by atoms with Crippen LogP contribution in [0.1, 0.15) is 91.9 Å². The minimum Gasteiger partial charge on any atom is -0.497 e. The molecule has 1 heterocycles. The minimum atomic E-state index is -0.151. The molecule has 0 spiro atoms. The summed E-state index contributed by atoms with van der Waals surface area (Å²) in [7, 11) is 1.64. The van der Waals surface area contributed by atoms with Crippen LogP contribution in [0, 0.1) is 6.92 Å². The number of unbranched alkanes of at least 4 members (excludes halogenated alkanes) is 9. The van der Waals surface area contributed by atoms with E-state index in [-0.39, 0.29) is 5.91 Å². The number of carbonyl (C=O) groups excluding carboxylic acids is 1. The fraction of sp³-hybridized carbons (Fsp3) is 0.484. The van der Waals surface area contributed by atoms with E-state index in [0.717, 1.165) is 24.9 Å². The Morgan fingerprint density at radius 2 is 1.68 bits per heavy atom. The molecule has 1 aromatic heterocycles. The van der Waals surface area contributed by atoms with Crippen molar-refractivity contribution in [3.05, 3.63) is 70.2 Å². The van der Waals surface area contributed by atoms with E-state index in [9.17, 15) is 4.79 Å². The number of carbonyl (C=O) groups is 1. The largest absolute Gasteiger partial charge is 0.497 e. The molecule has 0 radical (unpaired) electrons. The average molecular weight is 524 g/mol. The van der Waals surface area contributed by atoms with Crippen molar-refractivity contribution in [1.29, 1.82) is 0 Å². The maximum Gasteiger partial charge on any atom is 0.255 e. The lowest BCUT2D eigenvalue weighted by Crippen LogP contribution is -2.30. The van der Waals surface area contributed by atoms with E-state index in [1.807, 2.05) is 42.5 Å². The molecule has 0 atom stereocenters. The van der Waals surface area contributed by atoms with Crippen LogP contribution in [0.2, 0.25) is 0 Å². The van der Waals surface area contributed by atoms with Crippen LogP contribution in [0.3, 0.4) is 0 Å². The van der Waals surface area contributed by atoms with Crippen molar-refractivity contribution in [2.24, 2.45) is 0 Å². The third-order valence-corrected chi connectivity index (χ3v) is 7.32. The van der Waals surface area contributed by atoms with Gasteiger partial charge in [0.2, 0.25) is 5.51 Å². The van der Waals surface area contributed by atoms with E-state index in [1.165, 1.54) is 56.2 Å². The topological polar surface area (TPSA) is 51.4 Å². The first kappa shape index (κ1) is 28.7. The third-order valence-electron chi connectivity index (χ3n) is 6.47. The SMILES string of the molecule is CCCCCCCCCCCCOc1cc(OC)ccc1NC(=O)c1cccc(C[n+]2csc(C)c2)c1. The van der Waals surface area contributed by atoms with Crippen molar-refractivity contribution in [2.45, 2.75) is 84.6 Å². The molecule has 6 heteroatoms. The van der Waals surface area contributed by atoms with Gasteiger partial charge < -0.3 is 14.8 Å². The molecule has 5 nitrogen and oxygen atoms in total. The van der Waals surface area contributed by atoms with E-state index >= 15 is 0 Å². The highest BCUT2D eigenvalue weighted by atomic mass is 32.1. The first-order valence-corrected chi connectivity index (χ1v) is 14.6. The standard InChI is InChI=1S/C31H42N2O3S/c1-4-5-6-7-8-9-10-11-12-13-19-36-30-21-28(35-3)17-18-29(30)32-31(34)27-16-14-15-26(20-27)23-33-22-25(2)37-24-33/h14-18,20-22,24H,4-13,19,23H2,1-3H3/p+1. The van der Waals surface area contributed by atoms with Crippen molar-refractivity contribution >= 4 is 22.9 Å². The van der Waals surface area contributed by atoms with Gasteiger partial charge in [-0.25, -0.2) is 0 Å². The molecule has 0 saturated carbocycles. The van der Waals surface area contributed by atoms with Crippen LogP contribution in [0.15, 0.2) is 54.2 Å². The molecule has 0 aliphatic heterocycles. The van der Waals surface area contributed by atoms with Crippen LogP contribution in [-0.2, 0) is 6.54 Å². The van der Waals surface area contributed by atoms with Gasteiger partial charge in [0.1, 0.15) is 11.5 Å². The predicted molar refractivity (Wildman–Crippen MR) is 153 cm³/mol. The molecule has 0 aliphatic carbocycles. The summed E-state index contributed by atoms with van der Waals surface area (Å²) in [6.07, 6.45) is 15.0. The normalized spacial score (nSPS) is 10.9. The zero-order valence-electron chi connectivity index (χ0n) is 22.8. The highest BCUT2D eigenvalue weighted by molar-refractivity contribution is 7.09. The summed E-state index contributed by atoms with van der Waals surface area (Å²) in [5.74, 6) is 1.20. The van der Waals surface area contributed by atoms with Gasteiger partial charge in [0.05, 0.1) is 24.3 Å². The van der Waals surface area contributed by atoms with Crippen LogP contribution in [0.4, 0.5) is 5.69 Å². The second-order valence-corrected chi connectivity index (χ2v) is 10.8. The molecule has 0 fully saturated rings. The van der Waals surface area contributed by atoms with E-state index < -0.39 is 0 Å². The van der Waals surface area contributed by atoms with Crippen molar-refractivity contribution in [3.8, 4) is 11.5 Å². The Morgan fingerprint density at radius 3 is 2.35 bits per heavy atom. The third kappa shape index (κ3) is 10.2. The number of benzene rings is 2. The number of hydrogen-bond donors (Lipinski definition) is 1. The van der Waals surface area contributed by atoms with Crippen molar-refractivity contribution in [2.75, 3.05) is 19.0 Å². The molecule has 1 amide bonds. The summed E-state index contributed by atoms with van der Waals surface area (Å²) < 4.78 is 13.6. The van der Waals surface area contributed by atoms with Gasteiger partial charge in [0.15, 0.2) is 12.7 Å². The Morgan fingerprint density at radius 1 is 0.946 bits per heavy atom. The number of rotatable bonds is 17. The van der Waals surface area contributed by atoms with Gasteiger partial charge >= 0.3 is 0 Å². The highest BCUT2D eigenvalue weighted by Gasteiger charge is 2.13. The zero-order valence-corrected chi connectivity index (χ0v) is 23.6. The van der Waals surface area contributed by atoms with Crippen molar-refractivity contribution in [1.82, 2.24) is 0 Å². The Balaban J connectivity index is 1.49. The molecule has 37 heavy (non-hydrogen) atoms. The summed E-state index contributed by atoms with van der Waals surface area (Å²) in [6.45, 7) is 5.72. The number of ether oxygens (including phenoxy) is 2. The maximum absolute atomic E-state index is 13.1. The van der Waals surface area contributed by atoms with Gasteiger partial charge in [0.25, 0.3) is 5.91 Å². The van der Waals surface area contributed by atoms with Gasteiger partial charge in [-0.1, -0.05) is 88.2 Å². The summed E-state index contributed by atoms with van der Waals surface area (Å²) in [5, 5.41) is 3.04. The first-order chi connectivity index (χ1) is 18.1. The zero-order chi connectivity index (χ0) is 26.3. The molecule has 1 N–H and O–H groups in total. The van der Waals surface area contributed by atoms with Gasteiger partial charge in [-0.15, -0.1) is 0 Å². The highest BCUT2D eigenvalue weighted by Crippen LogP contribution is 2.30. The van der Waals surface area contributed by atoms with E-state index in [1.54, 1.807) is 18.4 Å². The van der Waals surface area contributed by atoms with E-state index in [2.05, 4.69) is 35.4 Å². The quantitative estimate of drug-likeness (QED) is 0.144. The molecular weight excluding hydrogens is 480 g/mol. The van der Waals surface area contributed by atoms with Crippen molar-refractivity contribution in [3.63, 3.8) is 0 Å². The van der Waals surface area contributed by atoms with Crippen LogP contribution in [0.5, 0.6) is 11.5 Å². The molecule has 3 aromatic rings. The van der Waals surface area contributed by atoms with Crippen LogP contribution >= 0.6 is 11.3 Å². The first-order valence-electron chi connectivity index (χ1n) is 13.7. The predicted octanol–water partition coefficient (Wildman–Crippen LogP) is 7.95. The Labute approximate surface area is 226 Å². The molecule has 0 unspecified atom stereocenters. The minimum absolute atomic E-state index is 0.151. The average Bonchev–Trinajstić information content (AvgIpc) is 3.32. The van der Waals surface area contributed by atoms with Crippen LogP contribution in [-0.4, -0.2) is 19.6 Å². The van der Waals surface area contributed by atoms with Gasteiger partial charge in [-0.05, 0) is 37.6 Å². The number of hydrogen-bond acceptors (Lipinski definition) is 4. The van der Waals surface area contributed by atoms with Crippen molar-refractivity contribution < 1.29 is 18.8 Å². The number of anilines is 1. The number of nitrogens with one attached hydrogen (secondary N) is 1. The molecule has 3 rings (SSSR count). The molecular formula is C31H43N2O3S+. The number of thiazole rings is 1. The van der Waals surface area contributed by atoms with Crippen LogP contribution < -0.4 is 19.4 Å². The number of aryl methyl sites for hydroxylation is 1. The Bertz CT molecular complexity index is 1100. The smallest absolute Gasteiger partial charge is 0.255 e. The lowest BCUT2D eigenvalue weighted by molar-refractivity contribution is -0.683. The lowest BCUT2D eigenvalue weighted by atomic mass is 10.1. The lowest BCUT2D eigenvalue weighted by Gasteiger charge is -2.14. The molecule has 0 aliphatic rings. The number of amides is 1. The second-order valence-electron chi connectivity index (χ2n) is 9.68. The second kappa shape index (κ2) is 16.1. The summed E-state index contributed by atoms with van der Waals surface area (Å²) in [5.41, 5.74) is 4.47. The van der Waals surface area contributed by atoms with E-state index in [4.69, 9.17) is 9.47 Å². The van der Waals surface area contributed by atoms with Gasteiger partial charge in [-0.3, -0.25) is 4.79 Å².